The van der Waals surface area contributed by atoms with Gasteiger partial charge in [-0.1, -0.05) is 19.3 Å². The van der Waals surface area contributed by atoms with Crippen LogP contribution in [-0.2, 0) is 4.79 Å². The number of rotatable bonds is 4. The number of hydrogen-bond donors (Lipinski definition) is 1. The van der Waals surface area contributed by atoms with Crippen LogP contribution in [0.25, 0.3) is 0 Å². The fraction of sp³-hybridized carbons (Fsp3) is 0.933. The Hall–Kier alpha value is -0.570. The maximum Gasteiger partial charge on any atom is 0.227 e. The molecule has 1 atom stereocenters. The van der Waals surface area contributed by atoms with Crippen molar-refractivity contribution in [2.75, 3.05) is 19.6 Å². The van der Waals surface area contributed by atoms with Gasteiger partial charge >= 0.3 is 0 Å². The Bertz CT molecular complexity index is 289. The Balaban J connectivity index is 1.64. The molecule has 1 N–H and O–H groups in total. The quantitative estimate of drug-likeness (QED) is 0.829. The van der Waals surface area contributed by atoms with E-state index in [1.807, 2.05) is 0 Å². The molecule has 3 nitrogen and oxygen atoms in total. The standard InChI is InChI=1S/C15H26N2O/c18-15(13-8-9-16-10-13)17(11-12-6-7-12)14-4-2-1-3-5-14/h12-14,16H,1-11H2. The third kappa shape index (κ3) is 2.87. The lowest BCUT2D eigenvalue weighted by Crippen LogP contribution is -2.46. The molecule has 2 saturated carbocycles. The number of carbonyl (C=O) groups excluding carboxylic acids is 1. The Labute approximate surface area is 110 Å². The summed E-state index contributed by atoms with van der Waals surface area (Å²) in [6.07, 6.45) is 10.2. The van der Waals surface area contributed by atoms with E-state index in [0.29, 0.717) is 11.9 Å². The average Bonchev–Trinajstić information content (AvgIpc) is 3.07. The minimum absolute atomic E-state index is 0.269. The van der Waals surface area contributed by atoms with E-state index in [9.17, 15) is 4.79 Å². The van der Waals surface area contributed by atoms with E-state index in [1.165, 1.54) is 44.9 Å². The predicted octanol–water partition coefficient (Wildman–Crippen LogP) is 2.17. The summed E-state index contributed by atoms with van der Waals surface area (Å²) in [7, 11) is 0. The largest absolute Gasteiger partial charge is 0.339 e. The molecule has 2 aliphatic carbocycles. The summed E-state index contributed by atoms with van der Waals surface area (Å²) < 4.78 is 0. The van der Waals surface area contributed by atoms with Gasteiger partial charge in [-0.05, 0) is 44.6 Å². The monoisotopic (exact) mass is 250 g/mol. The Morgan fingerprint density at radius 1 is 1.06 bits per heavy atom. The van der Waals surface area contributed by atoms with Gasteiger partial charge in [0, 0.05) is 19.1 Å². The topological polar surface area (TPSA) is 32.3 Å². The summed E-state index contributed by atoms with van der Waals surface area (Å²) in [6, 6.07) is 0.562. The number of hydrogen-bond acceptors (Lipinski definition) is 2. The fourth-order valence-corrected chi connectivity index (χ4v) is 3.49. The van der Waals surface area contributed by atoms with Crippen molar-refractivity contribution in [3.8, 4) is 0 Å². The van der Waals surface area contributed by atoms with Crippen molar-refractivity contribution in [2.45, 2.75) is 57.4 Å². The van der Waals surface area contributed by atoms with E-state index in [2.05, 4.69) is 10.2 Å². The van der Waals surface area contributed by atoms with Crippen molar-refractivity contribution >= 4 is 5.91 Å². The highest BCUT2D eigenvalue weighted by Gasteiger charge is 2.35. The van der Waals surface area contributed by atoms with Crippen LogP contribution in [0.5, 0.6) is 0 Å². The zero-order valence-electron chi connectivity index (χ0n) is 11.4. The van der Waals surface area contributed by atoms with Gasteiger partial charge < -0.3 is 10.2 Å². The average molecular weight is 250 g/mol. The Morgan fingerprint density at radius 2 is 1.83 bits per heavy atom. The highest BCUT2D eigenvalue weighted by molar-refractivity contribution is 5.79. The van der Waals surface area contributed by atoms with E-state index >= 15 is 0 Å². The van der Waals surface area contributed by atoms with Crippen LogP contribution in [-0.4, -0.2) is 36.5 Å². The Kier molecular flexibility index (Phi) is 3.88. The van der Waals surface area contributed by atoms with Gasteiger partial charge in [0.25, 0.3) is 0 Å². The predicted molar refractivity (Wildman–Crippen MR) is 72.3 cm³/mol. The van der Waals surface area contributed by atoms with E-state index in [-0.39, 0.29) is 5.92 Å². The molecule has 1 saturated heterocycles. The number of amides is 1. The van der Waals surface area contributed by atoms with Crippen molar-refractivity contribution in [3.05, 3.63) is 0 Å². The van der Waals surface area contributed by atoms with Gasteiger partial charge in [-0.25, -0.2) is 0 Å². The zero-order valence-corrected chi connectivity index (χ0v) is 11.4. The second-order valence-corrected chi connectivity index (χ2v) is 6.42. The third-order valence-electron chi connectivity index (χ3n) is 4.86. The highest BCUT2D eigenvalue weighted by atomic mass is 16.2. The molecule has 0 aromatic carbocycles. The molecule has 3 rings (SSSR count). The van der Waals surface area contributed by atoms with E-state index in [4.69, 9.17) is 0 Å². The highest BCUT2D eigenvalue weighted by Crippen LogP contribution is 2.33. The minimum atomic E-state index is 0.269. The lowest BCUT2D eigenvalue weighted by Gasteiger charge is -2.36. The van der Waals surface area contributed by atoms with E-state index in [1.54, 1.807) is 0 Å². The maximum absolute atomic E-state index is 12.7. The van der Waals surface area contributed by atoms with Gasteiger partial charge in [0.15, 0.2) is 0 Å². The molecule has 3 heteroatoms. The molecule has 1 amide bonds. The number of carbonyl (C=O) groups is 1. The molecular formula is C15H26N2O. The molecule has 18 heavy (non-hydrogen) atoms. The first kappa shape index (κ1) is 12.5. The minimum Gasteiger partial charge on any atom is -0.339 e. The van der Waals surface area contributed by atoms with E-state index < -0.39 is 0 Å². The lowest BCUT2D eigenvalue weighted by molar-refractivity contribution is -0.138. The first-order valence-electron chi connectivity index (χ1n) is 7.86. The van der Waals surface area contributed by atoms with Crippen molar-refractivity contribution in [1.29, 1.82) is 0 Å². The molecule has 0 bridgehead atoms. The summed E-state index contributed by atoms with van der Waals surface area (Å²) in [5.74, 6) is 1.55. The smallest absolute Gasteiger partial charge is 0.227 e. The molecule has 1 aliphatic heterocycles. The summed E-state index contributed by atoms with van der Waals surface area (Å²) in [5.41, 5.74) is 0. The molecule has 3 aliphatic rings. The second kappa shape index (κ2) is 5.60. The second-order valence-electron chi connectivity index (χ2n) is 6.42. The van der Waals surface area contributed by atoms with Gasteiger partial charge in [0.05, 0.1) is 5.92 Å². The fourth-order valence-electron chi connectivity index (χ4n) is 3.49. The number of nitrogens with one attached hydrogen (secondary N) is 1. The molecule has 102 valence electrons. The molecule has 3 fully saturated rings. The van der Waals surface area contributed by atoms with Crippen LogP contribution in [0.1, 0.15) is 51.4 Å². The van der Waals surface area contributed by atoms with Crippen molar-refractivity contribution in [2.24, 2.45) is 11.8 Å². The van der Waals surface area contributed by atoms with Gasteiger partial charge in [-0.2, -0.15) is 0 Å². The van der Waals surface area contributed by atoms with Crippen LogP contribution in [0.2, 0.25) is 0 Å². The summed E-state index contributed by atoms with van der Waals surface area (Å²) >= 11 is 0. The van der Waals surface area contributed by atoms with Gasteiger partial charge in [0.1, 0.15) is 0 Å². The summed E-state index contributed by atoms with van der Waals surface area (Å²) in [4.78, 5) is 15.0. The van der Waals surface area contributed by atoms with Gasteiger partial charge in [-0.15, -0.1) is 0 Å². The SMILES string of the molecule is O=C(C1CCNC1)N(CC1CC1)C1CCCCC1. The van der Waals surface area contributed by atoms with Crippen molar-refractivity contribution in [1.82, 2.24) is 10.2 Å². The normalized spacial score (nSPS) is 29.4. The van der Waals surface area contributed by atoms with Crippen LogP contribution >= 0.6 is 0 Å². The van der Waals surface area contributed by atoms with E-state index in [0.717, 1.165) is 32.0 Å². The summed E-state index contributed by atoms with van der Waals surface area (Å²) in [6.45, 7) is 2.99. The molecule has 0 aromatic rings. The van der Waals surface area contributed by atoms with Crippen molar-refractivity contribution in [3.63, 3.8) is 0 Å². The molecule has 1 unspecified atom stereocenters. The molecule has 0 aromatic heterocycles. The number of nitrogens with zero attached hydrogens (tertiary/aromatic N) is 1. The first-order valence-corrected chi connectivity index (χ1v) is 7.86. The molecule has 1 heterocycles. The zero-order chi connectivity index (χ0) is 12.4. The van der Waals surface area contributed by atoms with Gasteiger partial charge in [0.2, 0.25) is 5.91 Å². The lowest BCUT2D eigenvalue weighted by atomic mass is 9.92. The van der Waals surface area contributed by atoms with Crippen LogP contribution in [0.4, 0.5) is 0 Å². The molecule has 0 spiro atoms. The maximum atomic E-state index is 12.7. The van der Waals surface area contributed by atoms with Crippen LogP contribution < -0.4 is 5.32 Å². The first-order chi connectivity index (χ1) is 8.84. The van der Waals surface area contributed by atoms with Gasteiger partial charge in [-0.3, -0.25) is 4.79 Å². The molecular weight excluding hydrogens is 224 g/mol. The van der Waals surface area contributed by atoms with Crippen LogP contribution in [0, 0.1) is 11.8 Å². The third-order valence-corrected chi connectivity index (χ3v) is 4.86. The van der Waals surface area contributed by atoms with Crippen LogP contribution in [0.15, 0.2) is 0 Å². The van der Waals surface area contributed by atoms with Crippen LogP contribution in [0.3, 0.4) is 0 Å². The van der Waals surface area contributed by atoms with Crippen molar-refractivity contribution < 1.29 is 4.79 Å². The Morgan fingerprint density at radius 3 is 2.44 bits per heavy atom. The molecule has 0 radical (unpaired) electrons. The summed E-state index contributed by atoms with van der Waals surface area (Å²) in [5, 5.41) is 3.33.